The Morgan fingerprint density at radius 3 is 1.21 bits per heavy atom. The van der Waals surface area contributed by atoms with E-state index in [4.69, 9.17) is 0 Å². The summed E-state index contributed by atoms with van der Waals surface area (Å²) in [6.07, 6.45) is 0. The molecule has 0 heterocycles. The van der Waals surface area contributed by atoms with Gasteiger partial charge in [-0.25, -0.2) is 0 Å². The minimum atomic E-state index is 1.11. The number of para-hydroxylation sites is 2. The van der Waals surface area contributed by atoms with Crippen LogP contribution in [0.4, 0.5) is 17.1 Å². The molecule has 0 saturated carbocycles. The van der Waals surface area contributed by atoms with Crippen molar-refractivity contribution in [3.8, 4) is 44.5 Å². The van der Waals surface area contributed by atoms with E-state index in [1.807, 2.05) is 0 Å². The summed E-state index contributed by atoms with van der Waals surface area (Å²) in [5, 5.41) is 0. The van der Waals surface area contributed by atoms with E-state index in [-0.39, 0.29) is 0 Å². The van der Waals surface area contributed by atoms with E-state index in [2.05, 4.69) is 193 Å². The maximum absolute atomic E-state index is 2.37. The fourth-order valence-corrected chi connectivity index (χ4v) is 5.87. The van der Waals surface area contributed by atoms with E-state index in [0.29, 0.717) is 0 Å². The third-order valence-electron chi connectivity index (χ3n) is 7.91. The Hall–Kier alpha value is -5.66. The minimum Gasteiger partial charge on any atom is -0.310 e. The molecule has 0 amide bonds. The summed E-state index contributed by atoms with van der Waals surface area (Å²) in [5.41, 5.74) is 13.0. The van der Waals surface area contributed by atoms with E-state index in [1.165, 1.54) is 44.5 Å². The molecule has 7 aromatic rings. The molecule has 1 heteroatoms. The molecule has 7 rings (SSSR count). The van der Waals surface area contributed by atoms with Crippen LogP contribution in [0.5, 0.6) is 0 Å². The second-order valence-electron chi connectivity index (χ2n) is 10.6. The van der Waals surface area contributed by atoms with Crippen molar-refractivity contribution in [1.29, 1.82) is 0 Å². The molecule has 1 nitrogen and oxygen atoms in total. The first-order valence-electron chi connectivity index (χ1n) is 14.7. The first kappa shape index (κ1) is 26.3. The highest BCUT2D eigenvalue weighted by atomic mass is 15.1. The quantitative estimate of drug-likeness (QED) is 0.191. The summed E-state index contributed by atoms with van der Waals surface area (Å²) in [5.74, 6) is 0. The fourth-order valence-electron chi connectivity index (χ4n) is 5.87. The Bertz CT molecular complexity index is 1940. The SMILES string of the molecule is c1ccc(-c2ccc(N(c3ccccc3)c3ccccc3-c3ccccc3-c3ccccc3-c3ccccc3)cc2)cc1. The molecule has 0 unspecified atom stereocenters. The lowest BCUT2D eigenvalue weighted by atomic mass is 9.88. The first-order valence-corrected chi connectivity index (χ1v) is 14.7. The van der Waals surface area contributed by atoms with Gasteiger partial charge in [0.1, 0.15) is 0 Å². The van der Waals surface area contributed by atoms with Crippen LogP contribution < -0.4 is 4.90 Å². The van der Waals surface area contributed by atoms with Crippen molar-refractivity contribution in [2.75, 3.05) is 4.90 Å². The molecule has 0 saturated heterocycles. The highest BCUT2D eigenvalue weighted by Crippen LogP contribution is 2.45. The van der Waals surface area contributed by atoms with Crippen LogP contribution in [0.15, 0.2) is 188 Å². The van der Waals surface area contributed by atoms with Gasteiger partial charge in [-0.05, 0) is 69.3 Å². The molecule has 0 aliphatic heterocycles. The maximum atomic E-state index is 2.37. The predicted molar refractivity (Wildman–Crippen MR) is 183 cm³/mol. The van der Waals surface area contributed by atoms with Crippen molar-refractivity contribution in [3.63, 3.8) is 0 Å². The van der Waals surface area contributed by atoms with Gasteiger partial charge in [-0.3, -0.25) is 0 Å². The molecule has 0 aliphatic rings. The summed E-state index contributed by atoms with van der Waals surface area (Å²) >= 11 is 0. The third kappa shape index (κ3) is 5.37. The van der Waals surface area contributed by atoms with Crippen LogP contribution in [0.3, 0.4) is 0 Å². The molecule has 7 aromatic carbocycles. The van der Waals surface area contributed by atoms with Gasteiger partial charge < -0.3 is 4.90 Å². The molecule has 0 fully saturated rings. The molecule has 0 aromatic heterocycles. The Balaban J connectivity index is 1.39. The number of nitrogens with zero attached hydrogens (tertiary/aromatic N) is 1. The molecular formula is C42H31N. The van der Waals surface area contributed by atoms with Crippen molar-refractivity contribution in [1.82, 2.24) is 0 Å². The monoisotopic (exact) mass is 549 g/mol. The normalized spacial score (nSPS) is 10.8. The number of hydrogen-bond donors (Lipinski definition) is 0. The number of benzene rings is 7. The molecule has 0 spiro atoms. The van der Waals surface area contributed by atoms with E-state index >= 15 is 0 Å². The first-order chi connectivity index (χ1) is 21.4. The van der Waals surface area contributed by atoms with E-state index in [0.717, 1.165) is 17.1 Å². The van der Waals surface area contributed by atoms with Gasteiger partial charge in [0, 0.05) is 16.9 Å². The Labute approximate surface area is 254 Å². The molecule has 0 radical (unpaired) electrons. The zero-order valence-electron chi connectivity index (χ0n) is 23.8. The second kappa shape index (κ2) is 12.1. The number of rotatable bonds is 7. The Morgan fingerprint density at radius 2 is 0.605 bits per heavy atom. The van der Waals surface area contributed by atoms with Gasteiger partial charge in [0.25, 0.3) is 0 Å². The van der Waals surface area contributed by atoms with Gasteiger partial charge in [-0.15, -0.1) is 0 Å². The topological polar surface area (TPSA) is 3.24 Å². The highest BCUT2D eigenvalue weighted by Gasteiger charge is 2.19. The highest BCUT2D eigenvalue weighted by molar-refractivity contribution is 5.97. The van der Waals surface area contributed by atoms with Crippen LogP contribution in [0.1, 0.15) is 0 Å². The fraction of sp³-hybridized carbons (Fsp3) is 0. The number of anilines is 3. The molecule has 204 valence electrons. The zero-order chi connectivity index (χ0) is 28.8. The smallest absolute Gasteiger partial charge is 0.0540 e. The molecule has 0 aliphatic carbocycles. The third-order valence-corrected chi connectivity index (χ3v) is 7.91. The average molecular weight is 550 g/mol. The van der Waals surface area contributed by atoms with Crippen LogP contribution in [-0.2, 0) is 0 Å². The van der Waals surface area contributed by atoms with Gasteiger partial charge in [0.05, 0.1) is 5.69 Å². The molecule has 43 heavy (non-hydrogen) atoms. The molecule has 0 atom stereocenters. The summed E-state index contributed by atoms with van der Waals surface area (Å²) in [7, 11) is 0. The lowest BCUT2D eigenvalue weighted by molar-refractivity contribution is 1.28. The Morgan fingerprint density at radius 1 is 0.233 bits per heavy atom. The molecular weight excluding hydrogens is 518 g/mol. The predicted octanol–water partition coefficient (Wildman–Crippen LogP) is 11.8. The van der Waals surface area contributed by atoms with Crippen molar-refractivity contribution < 1.29 is 0 Å². The van der Waals surface area contributed by atoms with Crippen LogP contribution in [0, 0.1) is 0 Å². The van der Waals surface area contributed by atoms with Crippen LogP contribution in [0.2, 0.25) is 0 Å². The van der Waals surface area contributed by atoms with Crippen LogP contribution >= 0.6 is 0 Å². The summed E-state index contributed by atoms with van der Waals surface area (Å²) in [6.45, 7) is 0. The van der Waals surface area contributed by atoms with Crippen molar-refractivity contribution in [2.24, 2.45) is 0 Å². The van der Waals surface area contributed by atoms with E-state index in [9.17, 15) is 0 Å². The Kier molecular flexibility index (Phi) is 7.36. The second-order valence-corrected chi connectivity index (χ2v) is 10.6. The standard InChI is InChI=1S/C42H31N/c1-4-16-32(17-5-1)33-28-30-36(31-29-33)43(35-20-8-3-9-21-35)42-27-15-14-26-41(42)40-25-13-12-24-39(40)38-23-11-10-22-37(38)34-18-6-2-7-19-34/h1-31H. The minimum absolute atomic E-state index is 1.11. The summed E-state index contributed by atoms with van der Waals surface area (Å²) in [6, 6.07) is 66.9. The van der Waals surface area contributed by atoms with E-state index in [1.54, 1.807) is 0 Å². The molecule has 0 N–H and O–H groups in total. The van der Waals surface area contributed by atoms with Gasteiger partial charge in [-0.2, -0.15) is 0 Å². The summed E-state index contributed by atoms with van der Waals surface area (Å²) in [4.78, 5) is 2.37. The van der Waals surface area contributed by atoms with E-state index < -0.39 is 0 Å². The average Bonchev–Trinajstić information content (AvgIpc) is 3.10. The maximum Gasteiger partial charge on any atom is 0.0540 e. The zero-order valence-corrected chi connectivity index (χ0v) is 23.8. The largest absolute Gasteiger partial charge is 0.310 e. The lowest BCUT2D eigenvalue weighted by Gasteiger charge is -2.28. The van der Waals surface area contributed by atoms with Crippen LogP contribution in [0.25, 0.3) is 44.5 Å². The van der Waals surface area contributed by atoms with Gasteiger partial charge in [-0.1, -0.05) is 158 Å². The molecule has 0 bridgehead atoms. The van der Waals surface area contributed by atoms with Gasteiger partial charge in [0.15, 0.2) is 0 Å². The van der Waals surface area contributed by atoms with Crippen LogP contribution in [-0.4, -0.2) is 0 Å². The van der Waals surface area contributed by atoms with Gasteiger partial charge >= 0.3 is 0 Å². The number of hydrogen-bond acceptors (Lipinski definition) is 1. The summed E-state index contributed by atoms with van der Waals surface area (Å²) < 4.78 is 0. The van der Waals surface area contributed by atoms with Crippen molar-refractivity contribution in [2.45, 2.75) is 0 Å². The van der Waals surface area contributed by atoms with Crippen molar-refractivity contribution in [3.05, 3.63) is 188 Å². The lowest BCUT2D eigenvalue weighted by Crippen LogP contribution is -2.11. The van der Waals surface area contributed by atoms with Gasteiger partial charge in [0.2, 0.25) is 0 Å². The van der Waals surface area contributed by atoms with Crippen molar-refractivity contribution >= 4 is 17.1 Å².